The molecule has 1 atom stereocenters. The normalized spacial score (nSPS) is 13.5. The van der Waals surface area contributed by atoms with Crippen molar-refractivity contribution in [2.45, 2.75) is 24.6 Å². The molecule has 1 aromatic heterocycles. The van der Waals surface area contributed by atoms with Crippen molar-refractivity contribution in [1.29, 1.82) is 0 Å². The standard InChI is InChI=1S/C23H19F3N4O5/c24-23(25,26)10-18(21(32)33)27-20(31)17-9-19(30-29-17)28-22(34)35-11-16-14-7-3-1-5-12(14)13-6-2-4-8-15(13)16/h1-9,16,18H,10-11H2,(H,27,31)(H,32,33)(H2,28,29,30,34). The zero-order chi connectivity index (χ0) is 25.2. The lowest BCUT2D eigenvalue weighted by molar-refractivity contribution is -0.157. The maximum Gasteiger partial charge on any atom is 0.412 e. The molecule has 0 spiro atoms. The molecule has 2 amide bonds. The number of carboxylic acid groups (broad SMARTS) is 1. The lowest BCUT2D eigenvalue weighted by atomic mass is 9.98. The number of nitrogens with one attached hydrogen (secondary N) is 3. The largest absolute Gasteiger partial charge is 0.480 e. The first-order chi connectivity index (χ1) is 16.6. The van der Waals surface area contributed by atoms with Crippen LogP contribution in [0, 0.1) is 0 Å². The Morgan fingerprint density at radius 3 is 2.23 bits per heavy atom. The van der Waals surface area contributed by atoms with Crippen molar-refractivity contribution in [3.8, 4) is 11.1 Å². The third-order valence-electron chi connectivity index (χ3n) is 5.44. The molecule has 4 N–H and O–H groups in total. The molecule has 1 heterocycles. The molecule has 182 valence electrons. The number of amides is 2. The first kappa shape index (κ1) is 23.8. The summed E-state index contributed by atoms with van der Waals surface area (Å²) in [7, 11) is 0. The molecule has 0 bridgehead atoms. The number of fused-ring (bicyclic) bond motifs is 3. The Labute approximate surface area is 196 Å². The van der Waals surface area contributed by atoms with Crippen molar-refractivity contribution >= 4 is 23.8 Å². The number of aromatic amines is 1. The van der Waals surface area contributed by atoms with E-state index in [1.807, 2.05) is 48.5 Å². The zero-order valence-electron chi connectivity index (χ0n) is 17.9. The molecule has 1 unspecified atom stereocenters. The van der Waals surface area contributed by atoms with Crippen LogP contribution in [0.2, 0.25) is 0 Å². The number of aromatic nitrogens is 2. The number of benzene rings is 2. The van der Waals surface area contributed by atoms with Crippen molar-refractivity contribution in [1.82, 2.24) is 15.5 Å². The van der Waals surface area contributed by atoms with E-state index in [2.05, 4.69) is 15.5 Å². The van der Waals surface area contributed by atoms with Crippen LogP contribution in [-0.2, 0) is 9.53 Å². The van der Waals surface area contributed by atoms with E-state index in [9.17, 15) is 27.6 Å². The lowest BCUT2D eigenvalue weighted by Gasteiger charge is -2.15. The molecule has 2 aromatic carbocycles. The molecule has 4 rings (SSSR count). The Kier molecular flexibility index (Phi) is 6.45. The summed E-state index contributed by atoms with van der Waals surface area (Å²) in [5, 5.41) is 18.9. The molecule has 9 nitrogen and oxygen atoms in total. The van der Waals surface area contributed by atoms with Gasteiger partial charge in [-0.05, 0) is 22.3 Å². The van der Waals surface area contributed by atoms with Gasteiger partial charge in [0.2, 0.25) is 0 Å². The highest BCUT2D eigenvalue weighted by Crippen LogP contribution is 2.44. The molecular weight excluding hydrogens is 469 g/mol. The number of H-pyrrole nitrogens is 1. The Morgan fingerprint density at radius 1 is 1.06 bits per heavy atom. The van der Waals surface area contributed by atoms with E-state index >= 15 is 0 Å². The van der Waals surface area contributed by atoms with Gasteiger partial charge in [-0.3, -0.25) is 15.2 Å². The van der Waals surface area contributed by atoms with Crippen LogP contribution in [0.25, 0.3) is 11.1 Å². The quantitative estimate of drug-likeness (QED) is 0.399. The van der Waals surface area contributed by atoms with Crippen LogP contribution in [0.3, 0.4) is 0 Å². The first-order valence-corrected chi connectivity index (χ1v) is 10.4. The highest BCUT2D eigenvalue weighted by Gasteiger charge is 2.36. The Hall–Kier alpha value is -4.35. The van der Waals surface area contributed by atoms with Crippen molar-refractivity contribution in [3.63, 3.8) is 0 Å². The molecule has 0 saturated heterocycles. The number of carboxylic acids is 1. The summed E-state index contributed by atoms with van der Waals surface area (Å²) in [6.45, 7) is 0.0371. The van der Waals surface area contributed by atoms with Crippen molar-refractivity contribution < 1.29 is 37.4 Å². The number of halogens is 3. The van der Waals surface area contributed by atoms with Gasteiger partial charge in [0, 0.05) is 12.0 Å². The van der Waals surface area contributed by atoms with Crippen molar-refractivity contribution in [3.05, 3.63) is 71.4 Å². The average Bonchev–Trinajstić information content (AvgIpc) is 3.39. The molecule has 1 aliphatic rings. The van der Waals surface area contributed by atoms with E-state index in [-0.39, 0.29) is 24.0 Å². The van der Waals surface area contributed by atoms with E-state index in [4.69, 9.17) is 9.84 Å². The van der Waals surface area contributed by atoms with Gasteiger partial charge in [0.05, 0.1) is 6.42 Å². The third-order valence-corrected chi connectivity index (χ3v) is 5.44. The van der Waals surface area contributed by atoms with Gasteiger partial charge >= 0.3 is 18.2 Å². The van der Waals surface area contributed by atoms with Gasteiger partial charge in [0.15, 0.2) is 5.82 Å². The van der Waals surface area contributed by atoms with E-state index in [1.54, 1.807) is 5.32 Å². The number of carbonyl (C=O) groups excluding carboxylic acids is 2. The monoisotopic (exact) mass is 488 g/mol. The number of rotatable bonds is 7. The van der Waals surface area contributed by atoms with Crippen molar-refractivity contribution in [2.24, 2.45) is 0 Å². The SMILES string of the molecule is O=C(Nc1cc(C(=O)NC(CC(F)(F)F)C(=O)O)[nH]n1)OCC1c2ccccc2-c2ccccc21. The molecule has 0 radical (unpaired) electrons. The highest BCUT2D eigenvalue weighted by atomic mass is 19.4. The molecule has 0 saturated carbocycles. The van der Waals surface area contributed by atoms with Crippen LogP contribution < -0.4 is 10.6 Å². The summed E-state index contributed by atoms with van der Waals surface area (Å²) in [5.74, 6) is -3.27. The minimum atomic E-state index is -4.79. The van der Waals surface area contributed by atoms with Crippen molar-refractivity contribution in [2.75, 3.05) is 11.9 Å². The molecule has 0 fully saturated rings. The van der Waals surface area contributed by atoms with Crippen LogP contribution >= 0.6 is 0 Å². The van der Waals surface area contributed by atoms with Gasteiger partial charge < -0.3 is 15.2 Å². The van der Waals surface area contributed by atoms with Gasteiger partial charge in [0.1, 0.15) is 18.3 Å². The number of alkyl halides is 3. The molecule has 35 heavy (non-hydrogen) atoms. The molecule has 0 aliphatic heterocycles. The minimum Gasteiger partial charge on any atom is -0.480 e. The first-order valence-electron chi connectivity index (χ1n) is 10.4. The van der Waals surface area contributed by atoms with Gasteiger partial charge in [-0.1, -0.05) is 48.5 Å². The van der Waals surface area contributed by atoms with Crippen LogP contribution in [0.1, 0.15) is 34.0 Å². The molecular formula is C23H19F3N4O5. The summed E-state index contributed by atoms with van der Waals surface area (Å²) < 4.78 is 42.9. The lowest BCUT2D eigenvalue weighted by Crippen LogP contribution is -2.43. The van der Waals surface area contributed by atoms with Gasteiger partial charge in [-0.2, -0.15) is 18.3 Å². The summed E-state index contributed by atoms with van der Waals surface area (Å²) in [5.41, 5.74) is 3.82. The van der Waals surface area contributed by atoms with E-state index < -0.39 is 36.6 Å². The number of hydrogen-bond acceptors (Lipinski definition) is 5. The van der Waals surface area contributed by atoms with E-state index in [0.717, 1.165) is 28.3 Å². The number of aliphatic carboxylic acids is 1. The number of anilines is 1. The predicted molar refractivity (Wildman–Crippen MR) is 117 cm³/mol. The summed E-state index contributed by atoms with van der Waals surface area (Å²) >= 11 is 0. The Balaban J connectivity index is 1.36. The predicted octanol–water partition coefficient (Wildman–Crippen LogP) is 3.91. The average molecular weight is 488 g/mol. The van der Waals surface area contributed by atoms with Crippen LogP contribution in [0.15, 0.2) is 54.6 Å². The summed E-state index contributed by atoms with van der Waals surface area (Å²) in [6.07, 6.45) is -7.39. The maximum absolute atomic E-state index is 12.5. The van der Waals surface area contributed by atoms with Crippen LogP contribution in [0.5, 0.6) is 0 Å². The van der Waals surface area contributed by atoms with Crippen LogP contribution in [-0.4, -0.2) is 52.1 Å². The fraction of sp³-hybridized carbons (Fsp3) is 0.217. The fourth-order valence-corrected chi connectivity index (χ4v) is 3.91. The zero-order valence-corrected chi connectivity index (χ0v) is 17.9. The van der Waals surface area contributed by atoms with E-state index in [0.29, 0.717) is 0 Å². The Bertz CT molecular complexity index is 1230. The fourth-order valence-electron chi connectivity index (χ4n) is 3.91. The number of carbonyl (C=O) groups is 3. The smallest absolute Gasteiger partial charge is 0.412 e. The molecule has 1 aliphatic carbocycles. The highest BCUT2D eigenvalue weighted by molar-refractivity contribution is 5.96. The van der Waals surface area contributed by atoms with Crippen LogP contribution in [0.4, 0.5) is 23.8 Å². The summed E-state index contributed by atoms with van der Waals surface area (Å²) in [6, 6.07) is 14.4. The van der Waals surface area contributed by atoms with Gasteiger partial charge in [0.25, 0.3) is 5.91 Å². The third kappa shape index (κ3) is 5.42. The Morgan fingerprint density at radius 2 is 1.66 bits per heavy atom. The second kappa shape index (κ2) is 9.49. The minimum absolute atomic E-state index is 0.0371. The summed E-state index contributed by atoms with van der Waals surface area (Å²) in [4.78, 5) is 35.4. The number of ether oxygens (including phenoxy) is 1. The second-order valence-electron chi connectivity index (χ2n) is 7.80. The second-order valence-corrected chi connectivity index (χ2v) is 7.80. The van der Waals surface area contributed by atoms with E-state index in [1.165, 1.54) is 0 Å². The maximum atomic E-state index is 12.5. The van der Waals surface area contributed by atoms with Gasteiger partial charge in [-0.25, -0.2) is 9.59 Å². The number of nitrogens with zero attached hydrogens (tertiary/aromatic N) is 1. The van der Waals surface area contributed by atoms with Gasteiger partial charge in [-0.15, -0.1) is 0 Å². The number of hydrogen-bond donors (Lipinski definition) is 4. The molecule has 3 aromatic rings. The molecule has 12 heteroatoms. The topological polar surface area (TPSA) is 133 Å².